The van der Waals surface area contributed by atoms with E-state index in [9.17, 15) is 4.39 Å². The van der Waals surface area contributed by atoms with Gasteiger partial charge in [0.1, 0.15) is 6.07 Å². The number of halogens is 1. The van der Waals surface area contributed by atoms with E-state index in [4.69, 9.17) is 5.26 Å². The van der Waals surface area contributed by atoms with Crippen molar-refractivity contribution >= 4 is 0 Å². The molecule has 0 N–H and O–H groups in total. The third-order valence-corrected chi connectivity index (χ3v) is 2.15. The van der Waals surface area contributed by atoms with Gasteiger partial charge in [-0.25, -0.2) is 4.39 Å². The lowest BCUT2D eigenvalue weighted by molar-refractivity contribution is 0.170. The predicted octanol–water partition coefficient (Wildman–Crippen LogP) is 3.03. The first kappa shape index (κ1) is 9.73. The Morgan fingerprint density at radius 2 is 1.85 bits per heavy atom. The Bertz CT molecular complexity index is 313. The molecule has 1 nitrogen and oxygen atoms in total. The second-order valence-corrected chi connectivity index (χ2v) is 3.34. The van der Waals surface area contributed by atoms with E-state index < -0.39 is 5.67 Å². The summed E-state index contributed by atoms with van der Waals surface area (Å²) < 4.78 is 14.0. The first-order valence-electron chi connectivity index (χ1n) is 4.27. The number of alkyl halides is 1. The van der Waals surface area contributed by atoms with Crippen LogP contribution in [0.4, 0.5) is 4.39 Å². The standard InChI is InChI=1S/C11H12FN/c1-9(2)11(12,8-13)10-6-4-3-5-7-10/h3-7,9H,1-2H3. The van der Waals surface area contributed by atoms with Gasteiger partial charge in [0.05, 0.1) is 0 Å². The quantitative estimate of drug-likeness (QED) is 0.681. The minimum absolute atomic E-state index is 0.333. The normalized spacial score (nSPS) is 15.0. The topological polar surface area (TPSA) is 23.8 Å². The Morgan fingerprint density at radius 3 is 2.23 bits per heavy atom. The van der Waals surface area contributed by atoms with E-state index in [1.165, 1.54) is 0 Å². The fraction of sp³-hybridized carbons (Fsp3) is 0.364. The highest BCUT2D eigenvalue weighted by Crippen LogP contribution is 2.32. The molecule has 0 saturated carbocycles. The molecule has 0 radical (unpaired) electrons. The molecule has 2 heteroatoms. The summed E-state index contributed by atoms with van der Waals surface area (Å²) in [5.41, 5.74) is -1.42. The van der Waals surface area contributed by atoms with Crippen LogP contribution in [0.25, 0.3) is 0 Å². The molecule has 0 saturated heterocycles. The second-order valence-electron chi connectivity index (χ2n) is 3.34. The highest BCUT2D eigenvalue weighted by atomic mass is 19.1. The number of nitriles is 1. The number of hydrogen-bond donors (Lipinski definition) is 0. The molecular weight excluding hydrogens is 165 g/mol. The maximum atomic E-state index is 14.0. The summed E-state index contributed by atoms with van der Waals surface area (Å²) in [6.07, 6.45) is 0. The van der Waals surface area contributed by atoms with E-state index in [1.54, 1.807) is 44.2 Å². The van der Waals surface area contributed by atoms with Crippen LogP contribution in [-0.2, 0) is 5.67 Å². The van der Waals surface area contributed by atoms with Gasteiger partial charge in [0.25, 0.3) is 0 Å². The predicted molar refractivity (Wildman–Crippen MR) is 49.7 cm³/mol. The number of benzene rings is 1. The van der Waals surface area contributed by atoms with Crippen molar-refractivity contribution in [3.8, 4) is 6.07 Å². The summed E-state index contributed by atoms with van der Waals surface area (Å²) >= 11 is 0. The summed E-state index contributed by atoms with van der Waals surface area (Å²) in [6, 6.07) is 10.3. The van der Waals surface area contributed by atoms with Crippen molar-refractivity contribution < 1.29 is 4.39 Å². The van der Waals surface area contributed by atoms with Crippen LogP contribution in [0.1, 0.15) is 19.4 Å². The summed E-state index contributed by atoms with van der Waals surface area (Å²) in [4.78, 5) is 0. The average Bonchev–Trinajstić information content (AvgIpc) is 2.17. The maximum Gasteiger partial charge on any atom is 0.223 e. The Kier molecular flexibility index (Phi) is 2.67. The minimum Gasteiger partial charge on any atom is -0.222 e. The zero-order chi connectivity index (χ0) is 9.90. The van der Waals surface area contributed by atoms with E-state index in [1.807, 2.05) is 6.07 Å². The minimum atomic E-state index is -1.86. The van der Waals surface area contributed by atoms with E-state index in [0.29, 0.717) is 5.56 Å². The van der Waals surface area contributed by atoms with Crippen LogP contribution in [0.2, 0.25) is 0 Å². The van der Waals surface area contributed by atoms with Crippen LogP contribution in [0.5, 0.6) is 0 Å². The van der Waals surface area contributed by atoms with Crippen LogP contribution in [0, 0.1) is 17.2 Å². The van der Waals surface area contributed by atoms with E-state index in [2.05, 4.69) is 0 Å². The van der Waals surface area contributed by atoms with Crippen LogP contribution in [0.15, 0.2) is 30.3 Å². The Morgan fingerprint density at radius 1 is 1.31 bits per heavy atom. The molecule has 0 heterocycles. The molecule has 0 aliphatic rings. The molecule has 0 fully saturated rings. The third kappa shape index (κ3) is 1.70. The highest BCUT2D eigenvalue weighted by molar-refractivity contribution is 5.29. The lowest BCUT2D eigenvalue weighted by Gasteiger charge is -2.21. The summed E-state index contributed by atoms with van der Waals surface area (Å²) in [5, 5.41) is 8.78. The van der Waals surface area contributed by atoms with Crippen molar-refractivity contribution in [1.29, 1.82) is 5.26 Å². The molecule has 0 aliphatic carbocycles. The molecule has 1 aromatic carbocycles. The van der Waals surface area contributed by atoms with Crippen molar-refractivity contribution in [2.45, 2.75) is 19.5 Å². The SMILES string of the molecule is CC(C)C(F)(C#N)c1ccccc1. The number of nitrogens with zero attached hydrogens (tertiary/aromatic N) is 1. The van der Waals surface area contributed by atoms with Gasteiger partial charge in [-0.2, -0.15) is 5.26 Å². The Balaban J connectivity index is 3.13. The largest absolute Gasteiger partial charge is 0.223 e. The van der Waals surface area contributed by atoms with Gasteiger partial charge in [0, 0.05) is 11.5 Å². The molecule has 1 rings (SSSR count). The molecule has 0 amide bonds. The first-order chi connectivity index (χ1) is 6.11. The van der Waals surface area contributed by atoms with Crippen molar-refractivity contribution in [3.63, 3.8) is 0 Å². The summed E-state index contributed by atoms with van der Waals surface area (Å²) in [6.45, 7) is 3.41. The molecule has 1 unspecified atom stereocenters. The second kappa shape index (κ2) is 3.57. The zero-order valence-corrected chi connectivity index (χ0v) is 7.79. The van der Waals surface area contributed by atoms with E-state index in [-0.39, 0.29) is 5.92 Å². The molecule has 0 spiro atoms. The molecular formula is C11H12FN. The van der Waals surface area contributed by atoms with Gasteiger partial charge in [0.2, 0.25) is 5.67 Å². The fourth-order valence-corrected chi connectivity index (χ4v) is 1.21. The van der Waals surface area contributed by atoms with Gasteiger partial charge < -0.3 is 0 Å². The number of rotatable bonds is 2. The van der Waals surface area contributed by atoms with E-state index in [0.717, 1.165) is 0 Å². The van der Waals surface area contributed by atoms with Crippen molar-refractivity contribution in [2.24, 2.45) is 5.92 Å². The average molecular weight is 177 g/mol. The van der Waals surface area contributed by atoms with Gasteiger partial charge >= 0.3 is 0 Å². The molecule has 0 bridgehead atoms. The van der Waals surface area contributed by atoms with E-state index >= 15 is 0 Å². The molecule has 1 atom stereocenters. The molecule has 0 aliphatic heterocycles. The first-order valence-corrected chi connectivity index (χ1v) is 4.27. The summed E-state index contributed by atoms with van der Waals surface area (Å²) in [7, 11) is 0. The maximum absolute atomic E-state index is 14.0. The molecule has 13 heavy (non-hydrogen) atoms. The smallest absolute Gasteiger partial charge is 0.222 e. The van der Waals surface area contributed by atoms with Crippen molar-refractivity contribution in [2.75, 3.05) is 0 Å². The molecule has 68 valence electrons. The molecule has 0 aromatic heterocycles. The van der Waals surface area contributed by atoms with Crippen molar-refractivity contribution in [1.82, 2.24) is 0 Å². The van der Waals surface area contributed by atoms with Crippen molar-refractivity contribution in [3.05, 3.63) is 35.9 Å². The fourth-order valence-electron chi connectivity index (χ4n) is 1.21. The third-order valence-electron chi connectivity index (χ3n) is 2.15. The monoisotopic (exact) mass is 177 g/mol. The lowest BCUT2D eigenvalue weighted by atomic mass is 9.87. The summed E-state index contributed by atoms with van der Waals surface area (Å²) in [5.74, 6) is -0.333. The Labute approximate surface area is 77.8 Å². The van der Waals surface area contributed by atoms with Crippen LogP contribution in [0.3, 0.4) is 0 Å². The Hall–Kier alpha value is -1.36. The lowest BCUT2D eigenvalue weighted by Crippen LogP contribution is -2.24. The van der Waals surface area contributed by atoms with Gasteiger partial charge in [-0.05, 0) is 0 Å². The van der Waals surface area contributed by atoms with Gasteiger partial charge in [0.15, 0.2) is 0 Å². The van der Waals surface area contributed by atoms with Gasteiger partial charge in [-0.15, -0.1) is 0 Å². The molecule has 1 aromatic rings. The van der Waals surface area contributed by atoms with Gasteiger partial charge in [-0.3, -0.25) is 0 Å². The van der Waals surface area contributed by atoms with Crippen LogP contribution < -0.4 is 0 Å². The number of hydrogen-bond acceptors (Lipinski definition) is 1. The highest BCUT2D eigenvalue weighted by Gasteiger charge is 2.35. The zero-order valence-electron chi connectivity index (χ0n) is 7.79. The van der Waals surface area contributed by atoms with Gasteiger partial charge in [-0.1, -0.05) is 44.2 Å². The van der Waals surface area contributed by atoms with Crippen LogP contribution in [-0.4, -0.2) is 0 Å². The van der Waals surface area contributed by atoms with Crippen LogP contribution >= 0.6 is 0 Å².